The predicted molar refractivity (Wildman–Crippen MR) is 85.6 cm³/mol. The zero-order valence-corrected chi connectivity index (χ0v) is 13.3. The number of nitrogens with zero attached hydrogens (tertiary/aromatic N) is 4. The summed E-state index contributed by atoms with van der Waals surface area (Å²) in [7, 11) is 1.68. The Hall–Kier alpha value is -1.93. The molecular weight excluding hydrogens is 314 g/mol. The maximum Gasteiger partial charge on any atom is 0.420 e. The van der Waals surface area contributed by atoms with Gasteiger partial charge in [-0.05, 0) is 13.0 Å². The standard InChI is InChI=1S/C12H16ClN5O2S/c1-4-10-16-17-11(21-10)18(12(19)20-5-2)8-9(13)6-7-15-14-3/h4,7-8,14H,1,5-6H2,2-3H3/b9-8-,15-7-. The summed E-state index contributed by atoms with van der Waals surface area (Å²) in [5.41, 5.74) is 2.61. The Morgan fingerprint density at radius 2 is 2.38 bits per heavy atom. The number of rotatable bonds is 7. The van der Waals surface area contributed by atoms with Crippen LogP contribution in [0.5, 0.6) is 0 Å². The Morgan fingerprint density at radius 1 is 1.62 bits per heavy atom. The number of hydrogen-bond donors (Lipinski definition) is 1. The van der Waals surface area contributed by atoms with Crippen LogP contribution >= 0.6 is 22.9 Å². The highest BCUT2D eigenvalue weighted by molar-refractivity contribution is 7.16. The predicted octanol–water partition coefficient (Wildman–Crippen LogP) is 2.82. The SMILES string of the molecule is C=Cc1nnc(N(/C=C(\Cl)C/C=N\NC)C(=O)OCC)s1. The molecule has 1 N–H and O–H groups in total. The topological polar surface area (TPSA) is 79.7 Å². The van der Waals surface area contributed by atoms with Crippen molar-refractivity contribution in [2.24, 2.45) is 5.10 Å². The van der Waals surface area contributed by atoms with Crippen LogP contribution in [0.1, 0.15) is 18.4 Å². The summed E-state index contributed by atoms with van der Waals surface area (Å²) in [6, 6.07) is 0. The van der Waals surface area contributed by atoms with Gasteiger partial charge in [-0.3, -0.25) is 0 Å². The number of nitrogens with one attached hydrogen (secondary N) is 1. The number of allylic oxidation sites excluding steroid dienone is 1. The van der Waals surface area contributed by atoms with E-state index in [4.69, 9.17) is 16.3 Å². The van der Waals surface area contributed by atoms with Gasteiger partial charge in [0, 0.05) is 30.9 Å². The van der Waals surface area contributed by atoms with E-state index in [0.29, 0.717) is 21.6 Å². The van der Waals surface area contributed by atoms with Crippen molar-refractivity contribution >= 4 is 46.5 Å². The van der Waals surface area contributed by atoms with Crippen LogP contribution < -0.4 is 10.3 Å². The summed E-state index contributed by atoms with van der Waals surface area (Å²) in [4.78, 5) is 13.2. The fraction of sp³-hybridized carbons (Fsp3) is 0.333. The van der Waals surface area contributed by atoms with Crippen molar-refractivity contribution in [2.75, 3.05) is 18.6 Å². The highest BCUT2D eigenvalue weighted by Crippen LogP contribution is 2.23. The molecule has 1 heterocycles. The van der Waals surface area contributed by atoms with Crippen LogP contribution in [0.15, 0.2) is 22.9 Å². The summed E-state index contributed by atoms with van der Waals surface area (Å²) < 4.78 is 4.98. The van der Waals surface area contributed by atoms with Gasteiger partial charge in [0.05, 0.1) is 6.61 Å². The zero-order chi connectivity index (χ0) is 15.7. The summed E-state index contributed by atoms with van der Waals surface area (Å²) >= 11 is 7.28. The molecular formula is C12H16ClN5O2S. The van der Waals surface area contributed by atoms with Crippen LogP contribution in [-0.4, -0.2) is 36.2 Å². The van der Waals surface area contributed by atoms with E-state index < -0.39 is 6.09 Å². The van der Waals surface area contributed by atoms with Crippen molar-refractivity contribution in [3.05, 3.63) is 22.8 Å². The third kappa shape index (κ3) is 5.52. The molecule has 0 aliphatic heterocycles. The van der Waals surface area contributed by atoms with Gasteiger partial charge in [0.1, 0.15) is 5.01 Å². The van der Waals surface area contributed by atoms with Gasteiger partial charge in [-0.2, -0.15) is 5.10 Å². The molecule has 0 aromatic carbocycles. The summed E-state index contributed by atoms with van der Waals surface area (Å²) in [5, 5.41) is 13.0. The van der Waals surface area contributed by atoms with Crippen LogP contribution in [0.3, 0.4) is 0 Å². The van der Waals surface area contributed by atoms with Crippen molar-refractivity contribution in [1.82, 2.24) is 15.6 Å². The molecule has 114 valence electrons. The number of amides is 1. The normalized spacial score (nSPS) is 11.5. The van der Waals surface area contributed by atoms with Crippen molar-refractivity contribution in [1.29, 1.82) is 0 Å². The summed E-state index contributed by atoms with van der Waals surface area (Å²) in [5.74, 6) is 0. The number of anilines is 1. The van der Waals surface area contributed by atoms with Crippen molar-refractivity contribution < 1.29 is 9.53 Å². The second-order valence-electron chi connectivity index (χ2n) is 3.51. The van der Waals surface area contributed by atoms with E-state index in [1.54, 1.807) is 26.3 Å². The summed E-state index contributed by atoms with van der Waals surface area (Å²) in [6.45, 7) is 5.57. The zero-order valence-electron chi connectivity index (χ0n) is 11.7. The molecule has 0 fully saturated rings. The number of carbonyl (C=O) groups is 1. The number of ether oxygens (including phenoxy) is 1. The second kappa shape index (κ2) is 9.09. The summed E-state index contributed by atoms with van der Waals surface area (Å²) in [6.07, 6.45) is 4.36. The number of halogens is 1. The third-order valence-electron chi connectivity index (χ3n) is 2.05. The highest BCUT2D eigenvalue weighted by Gasteiger charge is 2.19. The van der Waals surface area contributed by atoms with Gasteiger partial charge >= 0.3 is 6.09 Å². The Balaban J connectivity index is 2.96. The Kier molecular flexibility index (Phi) is 7.41. The highest BCUT2D eigenvalue weighted by atomic mass is 35.5. The first-order chi connectivity index (χ1) is 10.1. The molecule has 21 heavy (non-hydrogen) atoms. The smallest absolute Gasteiger partial charge is 0.420 e. The molecule has 0 saturated heterocycles. The van der Waals surface area contributed by atoms with E-state index in [9.17, 15) is 4.79 Å². The van der Waals surface area contributed by atoms with E-state index in [-0.39, 0.29) is 6.61 Å². The lowest BCUT2D eigenvalue weighted by Crippen LogP contribution is -2.26. The van der Waals surface area contributed by atoms with Crippen molar-refractivity contribution in [2.45, 2.75) is 13.3 Å². The van der Waals surface area contributed by atoms with E-state index in [1.807, 2.05) is 0 Å². The largest absolute Gasteiger partial charge is 0.449 e. The fourth-order valence-electron chi connectivity index (χ4n) is 1.20. The average molecular weight is 330 g/mol. The van der Waals surface area contributed by atoms with Gasteiger partial charge in [0.15, 0.2) is 0 Å². The first kappa shape index (κ1) is 17.1. The lowest BCUT2D eigenvalue weighted by molar-refractivity contribution is 0.162. The van der Waals surface area contributed by atoms with Crippen molar-refractivity contribution in [3.8, 4) is 0 Å². The third-order valence-corrected chi connectivity index (χ3v) is 3.22. The minimum atomic E-state index is -0.576. The number of carbonyl (C=O) groups excluding carboxylic acids is 1. The van der Waals surface area contributed by atoms with Crippen LogP contribution in [0.4, 0.5) is 9.93 Å². The molecule has 1 aromatic heterocycles. The quantitative estimate of drug-likeness (QED) is 0.614. The van der Waals surface area contributed by atoms with E-state index >= 15 is 0 Å². The molecule has 0 unspecified atom stereocenters. The van der Waals surface area contributed by atoms with Gasteiger partial charge in [-0.25, -0.2) is 9.69 Å². The van der Waals surface area contributed by atoms with Gasteiger partial charge in [0.2, 0.25) is 5.13 Å². The van der Waals surface area contributed by atoms with E-state index in [1.165, 1.54) is 22.4 Å². The molecule has 1 amide bonds. The van der Waals surface area contributed by atoms with Crippen molar-refractivity contribution in [3.63, 3.8) is 0 Å². The molecule has 0 aliphatic carbocycles. The van der Waals surface area contributed by atoms with Crippen LogP contribution in [0.2, 0.25) is 0 Å². The maximum atomic E-state index is 12.0. The first-order valence-corrected chi connectivity index (χ1v) is 7.28. The lowest BCUT2D eigenvalue weighted by Gasteiger charge is -2.14. The average Bonchev–Trinajstić information content (AvgIpc) is 2.94. The Morgan fingerprint density at radius 3 is 2.95 bits per heavy atom. The van der Waals surface area contributed by atoms with E-state index in [2.05, 4.69) is 27.3 Å². The maximum absolute atomic E-state index is 12.0. The monoisotopic (exact) mass is 329 g/mol. The van der Waals surface area contributed by atoms with Crippen LogP contribution in [0, 0.1) is 0 Å². The minimum Gasteiger partial charge on any atom is -0.449 e. The first-order valence-electron chi connectivity index (χ1n) is 6.08. The van der Waals surface area contributed by atoms with Crippen LogP contribution in [-0.2, 0) is 4.74 Å². The van der Waals surface area contributed by atoms with Crippen LogP contribution in [0.25, 0.3) is 6.08 Å². The number of hydrazone groups is 1. The number of aromatic nitrogens is 2. The molecule has 7 nitrogen and oxygen atoms in total. The Bertz CT molecular complexity index is 544. The molecule has 1 rings (SSSR count). The second-order valence-corrected chi connectivity index (χ2v) is 4.98. The molecule has 0 saturated carbocycles. The lowest BCUT2D eigenvalue weighted by atomic mass is 10.4. The molecule has 1 aromatic rings. The van der Waals surface area contributed by atoms with Gasteiger partial charge < -0.3 is 10.2 Å². The van der Waals surface area contributed by atoms with E-state index in [0.717, 1.165) is 0 Å². The number of hydrogen-bond acceptors (Lipinski definition) is 7. The van der Waals surface area contributed by atoms with Gasteiger partial charge in [0.25, 0.3) is 0 Å². The molecule has 0 aliphatic rings. The van der Waals surface area contributed by atoms with Gasteiger partial charge in [-0.1, -0.05) is 29.5 Å². The van der Waals surface area contributed by atoms with Gasteiger partial charge in [-0.15, -0.1) is 10.2 Å². The fourth-order valence-corrected chi connectivity index (χ4v) is 2.03. The molecule has 0 radical (unpaired) electrons. The molecule has 9 heteroatoms. The Labute approximate surface area is 132 Å². The molecule has 0 spiro atoms. The molecule has 0 atom stereocenters. The molecule has 0 bridgehead atoms. The minimum absolute atomic E-state index is 0.245.